The van der Waals surface area contributed by atoms with Crippen LogP contribution in [0.5, 0.6) is 17.2 Å². The van der Waals surface area contributed by atoms with Gasteiger partial charge in [-0.15, -0.1) is 0 Å². The van der Waals surface area contributed by atoms with Crippen molar-refractivity contribution in [3.63, 3.8) is 0 Å². The number of nitrogens with zero attached hydrogens (tertiary/aromatic N) is 15. The number of amides is 6. The minimum Gasteiger partial charge on any atom is -0.494 e. The molecule has 0 saturated carbocycles. The molecule has 0 aliphatic carbocycles. The molecule has 0 atom stereocenters. The van der Waals surface area contributed by atoms with E-state index in [9.17, 15) is 28.8 Å². The summed E-state index contributed by atoms with van der Waals surface area (Å²) in [6.07, 6.45) is 6.40. The molecule has 0 fully saturated rings. The topological polar surface area (TPSA) is 336 Å². The van der Waals surface area contributed by atoms with E-state index in [1.54, 1.807) is 96.2 Å². The van der Waals surface area contributed by atoms with Crippen LogP contribution < -0.4 is 75.5 Å². The molecule has 33 heteroatoms. The highest BCUT2D eigenvalue weighted by Crippen LogP contribution is 2.41. The van der Waals surface area contributed by atoms with Crippen LogP contribution in [0, 0.1) is 0 Å². The summed E-state index contributed by atoms with van der Waals surface area (Å²) < 4.78 is 32.7. The molecule has 0 aliphatic rings. The van der Waals surface area contributed by atoms with Crippen molar-refractivity contribution in [3.05, 3.63) is 213 Å². The van der Waals surface area contributed by atoms with E-state index in [2.05, 4.69) is 101 Å². The number of hydrogen-bond donors (Lipinski definition) is 6. The Kier molecular flexibility index (Phi) is 34.6. The average Bonchev–Trinajstić information content (AvgIpc) is 0.793. The number of benzene rings is 6. The van der Waals surface area contributed by atoms with Crippen LogP contribution in [0.1, 0.15) is 11.1 Å². The lowest BCUT2D eigenvalue weighted by atomic mass is 10.2. The quantitative estimate of drug-likeness (QED) is 0.0159. The zero-order valence-corrected chi connectivity index (χ0v) is 68.2. The number of aromatic nitrogens is 6. The zero-order valence-electron chi connectivity index (χ0n) is 68.2. The summed E-state index contributed by atoms with van der Waals surface area (Å²) in [5, 5.41) is 17.9. The SMILES string of the molecule is C=CC(=O)Nc1cc(Nc2nccc(N(C)C(=O)OC)n2)c(OC)cc1N(C)CCN(C)C.C=CC(=O)Nc1cc(Nc2nccc(N(C)C(=O)OCc3ccccc3)n2)c(OC)cc1N(C)CCN(C)C.C=CC(=O)Nc1cccc(N(C(=O)OCc2ccccc2)c2ccnc(Nc3ccc(N(C)CCN(C)C)cc3OC)n2)c1. The van der Waals surface area contributed by atoms with Gasteiger partial charge in [-0.2, -0.15) is 15.0 Å². The maximum absolute atomic E-state index is 13.6. The highest BCUT2D eigenvalue weighted by Gasteiger charge is 2.25. The Hall–Kier alpha value is -13.9. The number of likely N-dealkylation sites (N-methyl/N-ethyl adjacent to an activating group) is 6. The van der Waals surface area contributed by atoms with Crippen LogP contribution in [0.3, 0.4) is 0 Å². The van der Waals surface area contributed by atoms with Gasteiger partial charge in [0.15, 0.2) is 0 Å². The number of rotatable bonds is 35. The summed E-state index contributed by atoms with van der Waals surface area (Å²) in [6, 6.07) is 43.3. The van der Waals surface area contributed by atoms with Gasteiger partial charge in [0.25, 0.3) is 0 Å². The molecule has 116 heavy (non-hydrogen) atoms. The normalized spacial score (nSPS) is 10.5. The first-order valence-electron chi connectivity index (χ1n) is 36.4. The highest BCUT2D eigenvalue weighted by atomic mass is 16.6. The van der Waals surface area contributed by atoms with Crippen molar-refractivity contribution in [3.8, 4) is 17.2 Å². The molecule has 9 aromatic rings. The molecule has 33 nitrogen and oxygen atoms in total. The first-order chi connectivity index (χ1) is 55.7. The van der Waals surface area contributed by atoms with Gasteiger partial charge in [0.2, 0.25) is 35.6 Å². The van der Waals surface area contributed by atoms with E-state index in [-0.39, 0.29) is 54.6 Å². The van der Waals surface area contributed by atoms with Gasteiger partial charge in [0, 0.05) is 129 Å². The predicted molar refractivity (Wildman–Crippen MR) is 458 cm³/mol. The molecule has 6 aromatic carbocycles. The first-order valence-corrected chi connectivity index (χ1v) is 36.4. The van der Waals surface area contributed by atoms with E-state index in [1.165, 1.54) is 52.4 Å². The van der Waals surface area contributed by atoms with E-state index in [4.69, 9.17) is 28.4 Å². The van der Waals surface area contributed by atoms with Crippen LogP contribution in [0.2, 0.25) is 0 Å². The second-order valence-corrected chi connectivity index (χ2v) is 26.4. The zero-order chi connectivity index (χ0) is 84.4. The fraction of sp³-hybridized carbons (Fsp3) is 0.277. The largest absolute Gasteiger partial charge is 0.494 e. The van der Waals surface area contributed by atoms with Crippen LogP contribution in [0.15, 0.2) is 202 Å². The number of carbonyl (C=O) groups is 6. The van der Waals surface area contributed by atoms with Gasteiger partial charge in [-0.25, -0.2) is 34.2 Å². The van der Waals surface area contributed by atoms with Gasteiger partial charge in [0.1, 0.15) is 47.9 Å². The molecule has 612 valence electrons. The van der Waals surface area contributed by atoms with Crippen molar-refractivity contribution >= 4 is 128 Å². The fourth-order valence-corrected chi connectivity index (χ4v) is 10.6. The molecule has 0 unspecified atom stereocenters. The van der Waals surface area contributed by atoms with Gasteiger partial charge in [-0.05, 0) is 126 Å². The Balaban J connectivity index is 0.000000243. The van der Waals surface area contributed by atoms with Crippen molar-refractivity contribution in [2.24, 2.45) is 0 Å². The van der Waals surface area contributed by atoms with E-state index in [1.807, 2.05) is 164 Å². The third-order valence-electron chi connectivity index (χ3n) is 17.1. The van der Waals surface area contributed by atoms with Crippen LogP contribution in [-0.2, 0) is 41.8 Å². The molecule has 6 N–H and O–H groups in total. The lowest BCUT2D eigenvalue weighted by Gasteiger charge is -2.26. The molecular formula is C83H103N21O12. The third-order valence-corrected chi connectivity index (χ3v) is 17.1. The minimum atomic E-state index is -0.659. The lowest BCUT2D eigenvalue weighted by Crippen LogP contribution is -2.29. The monoisotopic (exact) mass is 1590 g/mol. The number of anilines is 16. The number of ether oxygens (including phenoxy) is 6. The average molecular weight is 1590 g/mol. The Bertz CT molecular complexity index is 4790. The molecule has 0 aliphatic heterocycles. The van der Waals surface area contributed by atoms with E-state index < -0.39 is 18.3 Å². The minimum absolute atomic E-state index is 0.0613. The van der Waals surface area contributed by atoms with Crippen LogP contribution in [0.4, 0.5) is 107 Å². The molecule has 6 amide bonds. The Morgan fingerprint density at radius 1 is 0.379 bits per heavy atom. The fourth-order valence-electron chi connectivity index (χ4n) is 10.6. The smallest absolute Gasteiger partial charge is 0.420 e. The standard InChI is InChI=1S/C33H37N7O4.C28H35N7O4.C22H31N7O4/c1-6-31(41)35-25-13-10-14-27(21-25)40(33(42)44-23-24-11-8-7-9-12-24)30-17-18-34-32(37-30)36-28-16-15-26(22-29(28)43-5)39(4)20-19-38(2)3;1-7-26(36)30-21-17-22(24(38-6)18-23(21)34(4)16-15-33(2)3)31-27-29-14-13-25(32-27)35(5)28(37)39-19-20-11-9-8-10-12-20;1-8-20(30)24-15-13-16(18(32-6)14-17(15)28(4)12-11-27(2)3)25-21-23-10-9-19(26-21)29(5)22(31)33-7/h6-18,21-22H,1,19-20,23H2,2-5H3,(H,35,41)(H,34,36,37);7-14,17-18H,1,15-16,19H2,2-6H3,(H,30,36)(H,29,31,32);8-10,13-14H,1,11-12H2,2-7H3,(H,24,30)(H,23,25,26). The van der Waals surface area contributed by atoms with Crippen LogP contribution >= 0.6 is 0 Å². The van der Waals surface area contributed by atoms with E-state index in [0.29, 0.717) is 68.7 Å². The van der Waals surface area contributed by atoms with Gasteiger partial charge in [0.05, 0.1) is 73.9 Å². The van der Waals surface area contributed by atoms with Crippen molar-refractivity contribution < 1.29 is 57.2 Å². The van der Waals surface area contributed by atoms with Gasteiger partial charge >= 0.3 is 18.3 Å². The Morgan fingerprint density at radius 2 is 0.784 bits per heavy atom. The first kappa shape index (κ1) is 89.3. The Morgan fingerprint density at radius 3 is 1.22 bits per heavy atom. The van der Waals surface area contributed by atoms with Crippen LogP contribution in [0.25, 0.3) is 0 Å². The van der Waals surface area contributed by atoms with Crippen molar-refractivity contribution in [2.45, 2.75) is 13.2 Å². The maximum atomic E-state index is 13.6. The summed E-state index contributed by atoms with van der Waals surface area (Å²) in [7, 11) is 27.1. The summed E-state index contributed by atoms with van der Waals surface area (Å²) >= 11 is 0. The molecule has 9 rings (SSSR count). The van der Waals surface area contributed by atoms with E-state index >= 15 is 0 Å². The van der Waals surface area contributed by atoms with Gasteiger partial charge < -0.3 is 89.7 Å². The summed E-state index contributed by atoms with van der Waals surface area (Å²) in [5.74, 6) is 2.22. The number of nitrogens with one attached hydrogen (secondary N) is 6. The van der Waals surface area contributed by atoms with Gasteiger partial charge in [-0.1, -0.05) is 86.5 Å². The second kappa shape index (κ2) is 44.9. The number of carbonyl (C=O) groups excluding carboxylic acids is 6. The van der Waals surface area contributed by atoms with Crippen molar-refractivity contribution in [1.82, 2.24) is 44.6 Å². The van der Waals surface area contributed by atoms with Crippen molar-refractivity contribution in [1.29, 1.82) is 0 Å². The summed E-state index contributed by atoms with van der Waals surface area (Å²) in [5.41, 5.74) is 7.98. The molecule has 0 spiro atoms. The molecule has 0 saturated heterocycles. The predicted octanol–water partition coefficient (Wildman–Crippen LogP) is 12.5. The van der Waals surface area contributed by atoms with E-state index in [0.717, 1.165) is 67.5 Å². The molecular weight excluding hydrogens is 1480 g/mol. The molecule has 0 bridgehead atoms. The van der Waals surface area contributed by atoms with Crippen LogP contribution in [-0.4, -0.2) is 226 Å². The Labute approximate surface area is 677 Å². The number of methoxy groups -OCH3 is 4. The second-order valence-electron chi connectivity index (χ2n) is 26.4. The lowest BCUT2D eigenvalue weighted by molar-refractivity contribution is -0.112. The molecule has 0 radical (unpaired) electrons. The number of hydrogen-bond acceptors (Lipinski definition) is 27. The maximum Gasteiger partial charge on any atom is 0.420 e. The summed E-state index contributed by atoms with van der Waals surface area (Å²) in [6.45, 7) is 15.6. The molecule has 3 aromatic heterocycles. The van der Waals surface area contributed by atoms with Gasteiger partial charge in [-0.3, -0.25) is 24.2 Å². The third kappa shape index (κ3) is 27.2. The van der Waals surface area contributed by atoms with Crippen molar-refractivity contribution in [2.75, 3.05) is 207 Å². The summed E-state index contributed by atoms with van der Waals surface area (Å²) in [4.78, 5) is 117. The highest BCUT2D eigenvalue weighted by molar-refractivity contribution is 6.04. The molecule has 3 heterocycles.